The third-order valence-corrected chi connectivity index (χ3v) is 4.86. The minimum absolute atomic E-state index is 0.0269. The molecule has 138 valence electrons. The monoisotopic (exact) mass is 399 g/mol. The minimum atomic E-state index is -0.0269. The Bertz CT molecular complexity index is 896. The number of carbonyl (C=O) groups excluding carboxylic acids is 1. The van der Waals surface area contributed by atoms with Crippen LogP contribution in [0.2, 0.25) is 10.0 Å². The highest BCUT2D eigenvalue weighted by molar-refractivity contribution is 6.35. The van der Waals surface area contributed by atoms with Gasteiger partial charge in [0, 0.05) is 28.7 Å². The van der Waals surface area contributed by atoms with E-state index in [9.17, 15) is 4.79 Å². The van der Waals surface area contributed by atoms with Crippen LogP contribution in [0.3, 0.4) is 0 Å². The molecule has 0 bridgehead atoms. The Morgan fingerprint density at radius 1 is 0.926 bits per heavy atom. The van der Waals surface area contributed by atoms with Crippen molar-refractivity contribution >= 4 is 29.1 Å². The molecule has 0 saturated carbocycles. The van der Waals surface area contributed by atoms with Crippen LogP contribution in [-0.2, 0) is 24.2 Å². The summed E-state index contributed by atoms with van der Waals surface area (Å²) in [7, 11) is 0. The summed E-state index contributed by atoms with van der Waals surface area (Å²) < 4.78 is 1.87. The molecular weight excluding hydrogens is 379 g/mol. The number of amides is 1. The van der Waals surface area contributed by atoms with Crippen molar-refractivity contribution in [3.8, 4) is 0 Å². The summed E-state index contributed by atoms with van der Waals surface area (Å²) in [6.07, 6.45) is 5.43. The zero-order valence-corrected chi connectivity index (χ0v) is 16.4. The van der Waals surface area contributed by atoms with E-state index in [1.165, 1.54) is 11.1 Å². The Kier molecular flexibility index (Phi) is 6.86. The number of hydrogen-bond acceptors (Lipinski definition) is 1. The Balaban J connectivity index is 1.46. The fourth-order valence-corrected chi connectivity index (χ4v) is 3.33. The van der Waals surface area contributed by atoms with Crippen LogP contribution in [0, 0.1) is 0 Å². The van der Waals surface area contributed by atoms with E-state index in [1.54, 1.807) is 12.1 Å². The first-order valence-electron chi connectivity index (χ1n) is 8.83. The van der Waals surface area contributed by atoms with Gasteiger partial charge in [-0.25, -0.2) is 0 Å². The smallest absolute Gasteiger partial charge is 0.285 e. The van der Waals surface area contributed by atoms with Gasteiger partial charge in [0.15, 0.2) is 12.4 Å². The summed E-state index contributed by atoms with van der Waals surface area (Å²) in [5.74, 6) is -0.0269. The van der Waals surface area contributed by atoms with Gasteiger partial charge >= 0.3 is 0 Å². The van der Waals surface area contributed by atoms with Crippen molar-refractivity contribution in [1.82, 2.24) is 5.32 Å². The van der Waals surface area contributed by atoms with Gasteiger partial charge in [-0.15, -0.1) is 0 Å². The summed E-state index contributed by atoms with van der Waals surface area (Å²) in [5.41, 5.74) is 3.46. The lowest BCUT2D eigenvalue weighted by Crippen LogP contribution is -2.42. The molecule has 3 aromatic rings. The van der Waals surface area contributed by atoms with Crippen LogP contribution >= 0.6 is 23.2 Å². The molecule has 0 aliphatic rings. The van der Waals surface area contributed by atoms with E-state index in [1.807, 2.05) is 53.4 Å². The van der Waals surface area contributed by atoms with Crippen LogP contribution in [0.25, 0.3) is 0 Å². The minimum Gasteiger partial charge on any atom is -0.350 e. The van der Waals surface area contributed by atoms with Crippen molar-refractivity contribution < 1.29 is 9.36 Å². The quantitative estimate of drug-likeness (QED) is 0.592. The number of nitrogens with one attached hydrogen (secondary N) is 1. The molecule has 27 heavy (non-hydrogen) atoms. The molecule has 2 aromatic carbocycles. The zero-order valence-electron chi connectivity index (χ0n) is 14.9. The molecule has 0 saturated heterocycles. The van der Waals surface area contributed by atoms with Gasteiger partial charge < -0.3 is 5.32 Å². The van der Waals surface area contributed by atoms with Gasteiger partial charge in [0.05, 0.1) is 0 Å². The maximum Gasteiger partial charge on any atom is 0.285 e. The highest BCUT2D eigenvalue weighted by Crippen LogP contribution is 2.21. The third-order valence-electron chi connectivity index (χ3n) is 4.27. The fourth-order valence-electron chi connectivity index (χ4n) is 2.83. The highest BCUT2D eigenvalue weighted by atomic mass is 35.5. The van der Waals surface area contributed by atoms with Crippen molar-refractivity contribution in [2.45, 2.75) is 19.4 Å². The second kappa shape index (κ2) is 9.54. The molecule has 3 nitrogen and oxygen atoms in total. The molecule has 3 rings (SSSR count). The average molecular weight is 400 g/mol. The summed E-state index contributed by atoms with van der Waals surface area (Å²) in [6, 6.07) is 19.8. The van der Waals surface area contributed by atoms with Gasteiger partial charge in [0.1, 0.15) is 0 Å². The molecule has 5 heteroatoms. The molecule has 0 aliphatic heterocycles. The lowest BCUT2D eigenvalue weighted by Gasteiger charge is -2.06. The maximum atomic E-state index is 12.1. The Labute approximate surface area is 169 Å². The number of rotatable bonds is 7. The van der Waals surface area contributed by atoms with Crippen LogP contribution in [0.1, 0.15) is 16.7 Å². The maximum absolute atomic E-state index is 12.1. The van der Waals surface area contributed by atoms with E-state index in [-0.39, 0.29) is 5.91 Å². The molecular formula is C22H21Cl2N2O+. The van der Waals surface area contributed by atoms with E-state index in [0.717, 1.165) is 12.0 Å². The normalized spacial score (nSPS) is 10.6. The van der Waals surface area contributed by atoms with Crippen molar-refractivity contribution in [3.63, 3.8) is 0 Å². The number of pyridine rings is 1. The molecule has 0 radical (unpaired) electrons. The largest absolute Gasteiger partial charge is 0.350 e. The SMILES string of the molecule is O=C(C[n+]1ccc(Cc2ccccc2)cc1)NCCc1ccc(Cl)cc1Cl. The van der Waals surface area contributed by atoms with E-state index >= 15 is 0 Å². The second-order valence-electron chi connectivity index (χ2n) is 6.38. The highest BCUT2D eigenvalue weighted by Gasteiger charge is 2.09. The number of carbonyl (C=O) groups is 1. The zero-order chi connectivity index (χ0) is 19.1. The number of halogens is 2. The van der Waals surface area contributed by atoms with Gasteiger partial charge in [0.25, 0.3) is 5.91 Å². The molecule has 0 fully saturated rings. The molecule has 0 aliphatic carbocycles. The number of benzene rings is 2. The number of nitrogens with zero attached hydrogens (tertiary/aromatic N) is 1. The topological polar surface area (TPSA) is 33.0 Å². The second-order valence-corrected chi connectivity index (χ2v) is 7.22. The first-order valence-corrected chi connectivity index (χ1v) is 9.58. The van der Waals surface area contributed by atoms with Gasteiger partial charge in [-0.3, -0.25) is 4.79 Å². The lowest BCUT2D eigenvalue weighted by atomic mass is 10.1. The molecule has 0 spiro atoms. The summed E-state index contributed by atoms with van der Waals surface area (Å²) in [4.78, 5) is 12.1. The van der Waals surface area contributed by atoms with Crippen molar-refractivity contribution in [2.75, 3.05) is 6.54 Å². The predicted octanol–water partition coefficient (Wildman–Crippen LogP) is 4.23. The van der Waals surface area contributed by atoms with Crippen LogP contribution in [-0.4, -0.2) is 12.5 Å². The summed E-state index contributed by atoms with van der Waals surface area (Å²) >= 11 is 12.0. The summed E-state index contributed by atoms with van der Waals surface area (Å²) in [5, 5.41) is 4.16. The van der Waals surface area contributed by atoms with E-state index < -0.39 is 0 Å². The van der Waals surface area contributed by atoms with Crippen molar-refractivity contribution in [2.24, 2.45) is 0 Å². The van der Waals surface area contributed by atoms with Crippen LogP contribution in [0.15, 0.2) is 73.1 Å². The predicted molar refractivity (Wildman–Crippen MR) is 109 cm³/mol. The average Bonchev–Trinajstić information content (AvgIpc) is 2.66. The van der Waals surface area contributed by atoms with Crippen molar-refractivity contribution in [1.29, 1.82) is 0 Å². The lowest BCUT2D eigenvalue weighted by molar-refractivity contribution is -0.684. The Hall–Kier alpha value is -2.36. The van der Waals surface area contributed by atoms with Crippen LogP contribution in [0.5, 0.6) is 0 Å². The third kappa shape index (κ3) is 6.09. The first kappa shape index (κ1) is 19.4. The van der Waals surface area contributed by atoms with Crippen LogP contribution < -0.4 is 9.88 Å². The van der Waals surface area contributed by atoms with Crippen molar-refractivity contribution in [3.05, 3.63) is 99.8 Å². The Morgan fingerprint density at radius 3 is 2.33 bits per heavy atom. The molecule has 0 atom stereocenters. The number of hydrogen-bond donors (Lipinski definition) is 1. The van der Waals surface area contributed by atoms with Gasteiger partial charge in [0.2, 0.25) is 6.54 Å². The van der Waals surface area contributed by atoms with E-state index in [2.05, 4.69) is 17.4 Å². The van der Waals surface area contributed by atoms with Crippen LogP contribution in [0.4, 0.5) is 0 Å². The molecule has 1 aromatic heterocycles. The first-order chi connectivity index (χ1) is 13.1. The molecule has 0 unspecified atom stereocenters. The van der Waals surface area contributed by atoms with Gasteiger partial charge in [-0.2, -0.15) is 4.57 Å². The Morgan fingerprint density at radius 2 is 1.63 bits per heavy atom. The van der Waals surface area contributed by atoms with Gasteiger partial charge in [-0.1, -0.05) is 59.6 Å². The van der Waals surface area contributed by atoms with E-state index in [0.29, 0.717) is 29.6 Å². The molecule has 1 N–H and O–H groups in total. The summed E-state index contributed by atoms with van der Waals surface area (Å²) in [6.45, 7) is 0.826. The fraction of sp³-hybridized carbons (Fsp3) is 0.182. The van der Waals surface area contributed by atoms with E-state index in [4.69, 9.17) is 23.2 Å². The van der Waals surface area contributed by atoms with Gasteiger partial charge in [-0.05, 0) is 41.7 Å². The molecule has 1 heterocycles. The molecule has 1 amide bonds. The number of aromatic nitrogens is 1. The standard InChI is InChI=1S/C22H20Cl2N2O/c23-20-7-6-19(21(24)15-20)8-11-25-22(27)16-26-12-9-18(10-13-26)14-17-4-2-1-3-5-17/h1-7,9-10,12-13,15H,8,11,14,16H2/p+1.